The van der Waals surface area contributed by atoms with Gasteiger partial charge in [0, 0.05) is 26.4 Å². The summed E-state index contributed by atoms with van der Waals surface area (Å²) in [6.07, 6.45) is 0.289. The van der Waals surface area contributed by atoms with Crippen molar-refractivity contribution in [2.24, 2.45) is 0 Å². The fourth-order valence-electron chi connectivity index (χ4n) is 1.86. The Kier molecular flexibility index (Phi) is 23.9. The van der Waals surface area contributed by atoms with Crippen LogP contribution in [0, 0.1) is 0 Å². The van der Waals surface area contributed by atoms with Crippen LogP contribution in [0.3, 0.4) is 0 Å². The minimum absolute atomic E-state index is 0. The molecule has 4 N–H and O–H groups in total. The maximum Gasteiger partial charge on any atom is 0.247 e. The fraction of sp³-hybridized carbons (Fsp3) is 0.789. The van der Waals surface area contributed by atoms with Crippen LogP contribution >= 0.6 is 12.6 Å². The normalized spacial score (nSPS) is 10.1. The Morgan fingerprint density at radius 1 is 0.656 bits per heavy atom. The summed E-state index contributed by atoms with van der Waals surface area (Å²) in [5.41, 5.74) is 0. The molecule has 0 bridgehead atoms. The van der Waals surface area contributed by atoms with Gasteiger partial charge in [0.25, 0.3) is 0 Å². The number of nitrogens with one attached hydrogen (secondary N) is 4. The number of ether oxygens (including phenoxy) is 4. The molecule has 0 aromatic carbocycles. The molecule has 0 saturated heterocycles. The third-order valence-electron chi connectivity index (χ3n) is 3.31. The molecule has 0 fully saturated rings. The number of hydrogen-bond donors (Lipinski definition) is 5. The van der Waals surface area contributed by atoms with Crippen LogP contribution in [0.2, 0.25) is 0 Å². The fourth-order valence-corrected chi connectivity index (χ4v) is 2.07. The van der Waals surface area contributed by atoms with E-state index in [1.165, 1.54) is 6.92 Å². The molecule has 0 aromatic heterocycles. The monoisotopic (exact) mass is 482 g/mol. The Hall–Kier alpha value is -1.93. The van der Waals surface area contributed by atoms with E-state index in [1.54, 1.807) is 0 Å². The van der Waals surface area contributed by atoms with Gasteiger partial charge < -0.3 is 40.2 Å². The van der Waals surface area contributed by atoms with Gasteiger partial charge in [0.15, 0.2) is 0 Å². The number of carbonyl (C=O) groups is 4. The van der Waals surface area contributed by atoms with Crippen molar-refractivity contribution in [3.05, 3.63) is 0 Å². The molecule has 0 aliphatic heterocycles. The molecule has 32 heavy (non-hydrogen) atoms. The minimum Gasteiger partial charge on any atom is -0.377 e. The lowest BCUT2D eigenvalue weighted by Crippen LogP contribution is -2.39. The van der Waals surface area contributed by atoms with E-state index in [0.29, 0.717) is 38.7 Å². The smallest absolute Gasteiger partial charge is 0.247 e. The second kappa shape index (κ2) is 23.7. The Balaban J connectivity index is 0. The number of rotatable bonds is 20. The summed E-state index contributed by atoms with van der Waals surface area (Å²) in [5.74, 6) is -0.474. The zero-order chi connectivity index (χ0) is 23.2. The summed E-state index contributed by atoms with van der Waals surface area (Å²) in [7, 11) is 0. The van der Waals surface area contributed by atoms with Crippen LogP contribution in [0.4, 0.5) is 0 Å². The Morgan fingerprint density at radius 3 is 1.66 bits per heavy atom. The molecule has 0 aliphatic rings. The molecule has 0 aromatic rings. The number of carbonyl (C=O) groups excluding carboxylic acids is 4. The van der Waals surface area contributed by atoms with Crippen molar-refractivity contribution in [2.45, 2.75) is 20.8 Å². The molecule has 188 valence electrons. The predicted octanol–water partition coefficient (Wildman–Crippen LogP) is -1.55. The van der Waals surface area contributed by atoms with E-state index in [1.807, 2.05) is 0 Å². The van der Waals surface area contributed by atoms with Gasteiger partial charge in [0.1, 0.15) is 13.2 Å². The summed E-state index contributed by atoms with van der Waals surface area (Å²) in [4.78, 5) is 44.8. The SMILES string of the molecule is C.CC(=O)NCCOCCOCC(=O)NCCOCCOCC(=O)NCNC(=O)CCS. The van der Waals surface area contributed by atoms with Crippen LogP contribution in [0.1, 0.15) is 20.8 Å². The van der Waals surface area contributed by atoms with Crippen molar-refractivity contribution in [3.8, 4) is 0 Å². The topological polar surface area (TPSA) is 153 Å². The molecule has 0 unspecified atom stereocenters. The van der Waals surface area contributed by atoms with Gasteiger partial charge in [0.2, 0.25) is 23.6 Å². The predicted molar refractivity (Wildman–Crippen MR) is 121 cm³/mol. The molecular weight excluding hydrogens is 444 g/mol. The van der Waals surface area contributed by atoms with Crippen LogP contribution in [0.15, 0.2) is 0 Å². The number of amides is 4. The molecule has 0 heterocycles. The van der Waals surface area contributed by atoms with Crippen molar-refractivity contribution in [3.63, 3.8) is 0 Å². The van der Waals surface area contributed by atoms with E-state index in [9.17, 15) is 19.2 Å². The first-order valence-corrected chi connectivity index (χ1v) is 10.5. The lowest BCUT2D eigenvalue weighted by Gasteiger charge is -2.09. The standard InChI is InChI=1S/C18H34N4O8S.CH4/c1-15(23)19-3-5-27-7-9-29-12-17(25)20-4-6-28-8-10-30-13-18(26)22-14-21-16(24)2-11-31;/h31H,2-14H2,1H3,(H,19,23)(H,20,25)(H,21,24)(H,22,26);1H4. The minimum atomic E-state index is -0.350. The van der Waals surface area contributed by atoms with Crippen molar-refractivity contribution < 1.29 is 38.1 Å². The molecule has 0 rings (SSSR count). The highest BCUT2D eigenvalue weighted by molar-refractivity contribution is 7.80. The zero-order valence-electron chi connectivity index (χ0n) is 17.9. The molecule has 0 spiro atoms. The van der Waals surface area contributed by atoms with Crippen LogP contribution in [0.25, 0.3) is 0 Å². The number of hydrogen-bond acceptors (Lipinski definition) is 9. The second-order valence-electron chi connectivity index (χ2n) is 6.01. The van der Waals surface area contributed by atoms with Crippen LogP contribution in [0.5, 0.6) is 0 Å². The average molecular weight is 483 g/mol. The van der Waals surface area contributed by atoms with Gasteiger partial charge in [-0.1, -0.05) is 7.43 Å². The molecule has 0 saturated carbocycles. The molecular formula is C19H38N4O8S. The van der Waals surface area contributed by atoms with Gasteiger partial charge in [-0.25, -0.2) is 0 Å². The maximum absolute atomic E-state index is 11.5. The van der Waals surface area contributed by atoms with E-state index in [0.717, 1.165) is 0 Å². The highest BCUT2D eigenvalue weighted by Crippen LogP contribution is 1.83. The van der Waals surface area contributed by atoms with E-state index in [-0.39, 0.29) is 77.2 Å². The Morgan fingerprint density at radius 2 is 1.12 bits per heavy atom. The Labute approximate surface area is 195 Å². The summed E-state index contributed by atoms with van der Waals surface area (Å²) in [6.45, 7) is 3.79. The van der Waals surface area contributed by atoms with E-state index < -0.39 is 0 Å². The lowest BCUT2D eigenvalue weighted by atomic mass is 10.4. The summed E-state index contributed by atoms with van der Waals surface area (Å²) < 4.78 is 20.8. The van der Waals surface area contributed by atoms with Crippen molar-refractivity contribution in [1.82, 2.24) is 21.3 Å². The first-order chi connectivity index (χ1) is 15.0. The van der Waals surface area contributed by atoms with Gasteiger partial charge in [-0.2, -0.15) is 12.6 Å². The maximum atomic E-state index is 11.5. The highest BCUT2D eigenvalue weighted by atomic mass is 32.1. The zero-order valence-corrected chi connectivity index (χ0v) is 18.8. The quantitative estimate of drug-likeness (QED) is 0.0794. The summed E-state index contributed by atoms with van der Waals surface area (Å²) in [6, 6.07) is 0. The Bertz CT molecular complexity index is 526. The van der Waals surface area contributed by atoms with Gasteiger partial charge >= 0.3 is 0 Å². The molecule has 0 aliphatic carbocycles. The highest BCUT2D eigenvalue weighted by Gasteiger charge is 2.03. The van der Waals surface area contributed by atoms with Crippen molar-refractivity contribution in [1.29, 1.82) is 0 Å². The van der Waals surface area contributed by atoms with Crippen LogP contribution in [-0.2, 0) is 38.1 Å². The molecule has 0 atom stereocenters. The van der Waals surface area contributed by atoms with Crippen LogP contribution < -0.4 is 21.3 Å². The third kappa shape index (κ3) is 24.3. The summed E-state index contributed by atoms with van der Waals surface area (Å²) in [5, 5.41) is 10.2. The molecule has 12 nitrogen and oxygen atoms in total. The van der Waals surface area contributed by atoms with Gasteiger partial charge in [0.05, 0.1) is 46.3 Å². The summed E-state index contributed by atoms with van der Waals surface area (Å²) >= 11 is 3.93. The van der Waals surface area contributed by atoms with E-state index in [2.05, 4.69) is 33.9 Å². The number of thiol groups is 1. The second-order valence-corrected chi connectivity index (χ2v) is 6.46. The molecule has 0 radical (unpaired) electrons. The van der Waals surface area contributed by atoms with E-state index >= 15 is 0 Å². The molecule has 4 amide bonds. The first-order valence-electron chi connectivity index (χ1n) is 9.92. The van der Waals surface area contributed by atoms with Gasteiger partial charge in [-0.15, -0.1) is 0 Å². The van der Waals surface area contributed by atoms with E-state index in [4.69, 9.17) is 18.9 Å². The van der Waals surface area contributed by atoms with Crippen molar-refractivity contribution in [2.75, 3.05) is 78.4 Å². The van der Waals surface area contributed by atoms with Crippen LogP contribution in [-0.4, -0.2) is 102 Å². The third-order valence-corrected chi connectivity index (χ3v) is 3.53. The first kappa shape index (κ1) is 32.3. The average Bonchev–Trinajstić information content (AvgIpc) is 2.71. The lowest BCUT2D eigenvalue weighted by molar-refractivity contribution is -0.128. The largest absolute Gasteiger partial charge is 0.377 e. The molecule has 13 heteroatoms. The van der Waals surface area contributed by atoms with Gasteiger partial charge in [-0.3, -0.25) is 19.2 Å². The van der Waals surface area contributed by atoms with Gasteiger partial charge in [-0.05, 0) is 5.75 Å². The van der Waals surface area contributed by atoms with Crippen molar-refractivity contribution >= 4 is 36.3 Å².